The van der Waals surface area contributed by atoms with E-state index in [-0.39, 0.29) is 33.4 Å². The molecule has 0 aliphatic rings. The Labute approximate surface area is 164 Å². The highest BCUT2D eigenvalue weighted by molar-refractivity contribution is 6.31. The maximum atomic E-state index is 13.8. The Bertz CT molecular complexity index is 831. The van der Waals surface area contributed by atoms with E-state index in [1.165, 1.54) is 25.1 Å². The molecule has 0 saturated heterocycles. The Kier molecular flexibility index (Phi) is 8.26. The van der Waals surface area contributed by atoms with Gasteiger partial charge in [-0.15, -0.1) is 0 Å². The van der Waals surface area contributed by atoms with Crippen LogP contribution in [0.25, 0.3) is 11.1 Å². The van der Waals surface area contributed by atoms with E-state index >= 15 is 0 Å². The zero-order chi connectivity index (χ0) is 21.6. The van der Waals surface area contributed by atoms with Crippen LogP contribution < -0.4 is 5.73 Å². The van der Waals surface area contributed by atoms with Gasteiger partial charge in [-0.1, -0.05) is 11.6 Å². The van der Waals surface area contributed by atoms with E-state index in [0.717, 1.165) is 0 Å². The first-order chi connectivity index (χ1) is 12.9. The second-order valence-corrected chi connectivity index (χ2v) is 6.18. The third kappa shape index (κ3) is 6.10. The number of carbonyl (C=O) groups excluding carboxylic acids is 1. The van der Waals surface area contributed by atoms with Crippen LogP contribution in [0.3, 0.4) is 0 Å². The monoisotopic (exact) mass is 421 g/mol. The molecule has 2 rings (SSSR count). The van der Waals surface area contributed by atoms with Crippen LogP contribution in [0.15, 0.2) is 24.3 Å². The summed E-state index contributed by atoms with van der Waals surface area (Å²) in [6, 6.07) is 4.56. The molecule has 0 aliphatic carbocycles. The summed E-state index contributed by atoms with van der Waals surface area (Å²) in [5, 5.41) is 10.2. The van der Waals surface area contributed by atoms with Gasteiger partial charge in [-0.25, -0.2) is 4.39 Å². The normalized spacial score (nSPS) is 10.9. The molecule has 154 valence electrons. The molecule has 0 aliphatic heterocycles. The molecule has 0 heterocycles. The molecule has 0 radical (unpaired) electrons. The van der Waals surface area contributed by atoms with Gasteiger partial charge in [0, 0.05) is 29.6 Å². The minimum Gasteiger partial charge on any atom is -0.507 e. The second-order valence-electron chi connectivity index (χ2n) is 5.74. The fraction of sp³-hybridized carbons (Fsp3) is 0.316. The summed E-state index contributed by atoms with van der Waals surface area (Å²) in [7, 11) is 0. The number of halogens is 5. The van der Waals surface area contributed by atoms with E-state index in [1.807, 2.05) is 0 Å². The molecule has 0 amide bonds. The van der Waals surface area contributed by atoms with Crippen molar-refractivity contribution in [3.05, 3.63) is 51.8 Å². The number of phenols is 1. The van der Waals surface area contributed by atoms with Crippen LogP contribution in [0.5, 0.6) is 5.75 Å². The van der Waals surface area contributed by atoms with Crippen molar-refractivity contribution in [3.8, 4) is 16.9 Å². The number of benzene rings is 2. The number of aromatic hydroxyl groups is 1. The molecule has 2 aromatic rings. The average Bonchev–Trinajstić information content (AvgIpc) is 2.54. The van der Waals surface area contributed by atoms with Gasteiger partial charge in [-0.3, -0.25) is 4.79 Å². The van der Waals surface area contributed by atoms with Crippen molar-refractivity contribution in [3.63, 3.8) is 0 Å². The van der Waals surface area contributed by atoms with E-state index in [2.05, 4.69) is 4.74 Å². The largest absolute Gasteiger partial charge is 0.507 e. The third-order valence-corrected chi connectivity index (χ3v) is 3.81. The third-order valence-electron chi connectivity index (χ3n) is 3.59. The fourth-order valence-corrected chi connectivity index (χ4v) is 2.76. The number of alkyl halides is 3. The van der Waals surface area contributed by atoms with Crippen LogP contribution in [-0.4, -0.2) is 17.7 Å². The van der Waals surface area contributed by atoms with Crippen molar-refractivity contribution in [2.24, 2.45) is 5.73 Å². The molecule has 2 aromatic carbocycles. The van der Waals surface area contributed by atoms with Crippen molar-refractivity contribution >= 4 is 17.6 Å². The summed E-state index contributed by atoms with van der Waals surface area (Å²) in [6.45, 7) is 4.84. The Hall–Kier alpha value is -2.32. The van der Waals surface area contributed by atoms with Crippen LogP contribution in [-0.2, 0) is 22.3 Å². The smallest absolute Gasteiger partial charge is 0.419 e. The summed E-state index contributed by atoms with van der Waals surface area (Å²) in [6.07, 6.45) is -4.86. The maximum Gasteiger partial charge on any atom is 0.419 e. The van der Waals surface area contributed by atoms with Gasteiger partial charge >= 0.3 is 12.1 Å². The number of hydrogen-bond donors (Lipinski definition) is 2. The van der Waals surface area contributed by atoms with Crippen LogP contribution in [0.2, 0.25) is 5.02 Å². The number of esters is 1. The maximum absolute atomic E-state index is 13.8. The van der Waals surface area contributed by atoms with Gasteiger partial charge in [0.05, 0.1) is 12.2 Å². The van der Waals surface area contributed by atoms with Crippen molar-refractivity contribution in [2.75, 3.05) is 6.61 Å². The SMILES string of the molecule is CCOC(C)=O.Cc1cc(Cl)cc(O)c1-c1cc(CN)c(F)c(C(F)(F)F)c1. The van der Waals surface area contributed by atoms with Crippen LogP contribution in [0.1, 0.15) is 30.5 Å². The number of carbonyl (C=O) groups is 1. The quantitative estimate of drug-likeness (QED) is 0.527. The van der Waals surface area contributed by atoms with E-state index in [1.54, 1.807) is 13.8 Å². The van der Waals surface area contributed by atoms with Gasteiger partial charge in [0.15, 0.2) is 0 Å². The number of aryl methyl sites for hydroxylation is 1. The highest BCUT2D eigenvalue weighted by Gasteiger charge is 2.35. The van der Waals surface area contributed by atoms with Gasteiger partial charge < -0.3 is 15.6 Å². The lowest BCUT2D eigenvalue weighted by molar-refractivity contribution is -0.141. The minimum absolute atomic E-state index is 0.0286. The van der Waals surface area contributed by atoms with Crippen molar-refractivity contribution in [1.82, 2.24) is 0 Å². The topological polar surface area (TPSA) is 72.5 Å². The molecule has 0 saturated carbocycles. The Balaban J connectivity index is 0.000000568. The van der Waals surface area contributed by atoms with Crippen LogP contribution in [0, 0.1) is 12.7 Å². The zero-order valence-corrected chi connectivity index (χ0v) is 16.2. The van der Waals surface area contributed by atoms with Gasteiger partial charge in [0.25, 0.3) is 0 Å². The molecule has 0 bridgehead atoms. The highest BCUT2D eigenvalue weighted by atomic mass is 35.5. The number of hydrogen-bond acceptors (Lipinski definition) is 4. The Morgan fingerprint density at radius 2 is 1.86 bits per heavy atom. The Morgan fingerprint density at radius 3 is 2.25 bits per heavy atom. The van der Waals surface area contributed by atoms with E-state index in [0.29, 0.717) is 18.2 Å². The highest BCUT2D eigenvalue weighted by Crippen LogP contribution is 2.40. The molecule has 3 N–H and O–H groups in total. The number of nitrogens with two attached hydrogens (primary N) is 1. The van der Waals surface area contributed by atoms with E-state index in [9.17, 15) is 27.5 Å². The summed E-state index contributed by atoms with van der Waals surface area (Å²) in [5.41, 5.74) is 4.27. The molecule has 4 nitrogen and oxygen atoms in total. The first kappa shape index (κ1) is 23.7. The standard InChI is InChI=1S/C15H12ClF4NO.C4H8O2/c1-7-2-10(16)5-12(22)13(7)8-3-9(6-21)14(17)11(4-8)15(18,19)20;1-3-6-4(2)5/h2-5,22H,6,21H2,1H3;3H2,1-2H3. The van der Waals surface area contributed by atoms with E-state index in [4.69, 9.17) is 17.3 Å². The van der Waals surface area contributed by atoms with Gasteiger partial charge in [-0.05, 0) is 49.2 Å². The molecule has 0 spiro atoms. The van der Waals surface area contributed by atoms with Gasteiger partial charge in [-0.2, -0.15) is 13.2 Å². The average molecular weight is 422 g/mol. The lowest BCUT2D eigenvalue weighted by Gasteiger charge is -2.16. The molecule has 9 heteroatoms. The molecular weight excluding hydrogens is 402 g/mol. The van der Waals surface area contributed by atoms with Crippen molar-refractivity contribution in [2.45, 2.75) is 33.5 Å². The number of phenolic OH excluding ortho intramolecular Hbond substituents is 1. The molecule has 0 fully saturated rings. The lowest BCUT2D eigenvalue weighted by Crippen LogP contribution is -2.12. The second kappa shape index (κ2) is 9.75. The van der Waals surface area contributed by atoms with Crippen LogP contribution in [0.4, 0.5) is 17.6 Å². The van der Waals surface area contributed by atoms with Gasteiger partial charge in [0.1, 0.15) is 11.6 Å². The van der Waals surface area contributed by atoms with Gasteiger partial charge in [0.2, 0.25) is 0 Å². The summed E-state index contributed by atoms with van der Waals surface area (Å²) < 4.78 is 57.1. The number of rotatable bonds is 3. The van der Waals surface area contributed by atoms with Crippen molar-refractivity contribution in [1.29, 1.82) is 0 Å². The molecule has 28 heavy (non-hydrogen) atoms. The molecule has 0 unspecified atom stereocenters. The first-order valence-corrected chi connectivity index (χ1v) is 8.52. The fourth-order valence-electron chi connectivity index (χ4n) is 2.49. The predicted octanol–water partition coefficient (Wildman–Crippen LogP) is 5.21. The summed E-state index contributed by atoms with van der Waals surface area (Å²) in [5.74, 6) is -1.89. The molecule has 0 atom stereocenters. The lowest BCUT2D eigenvalue weighted by atomic mass is 9.95. The zero-order valence-electron chi connectivity index (χ0n) is 15.5. The minimum atomic E-state index is -4.86. The summed E-state index contributed by atoms with van der Waals surface area (Å²) in [4.78, 5) is 9.82. The molecular formula is C19H20ClF4NO3. The van der Waals surface area contributed by atoms with E-state index < -0.39 is 24.1 Å². The Morgan fingerprint density at radius 1 is 1.25 bits per heavy atom. The predicted molar refractivity (Wildman–Crippen MR) is 98.4 cm³/mol. The molecule has 0 aromatic heterocycles. The van der Waals surface area contributed by atoms with Crippen molar-refractivity contribution < 1.29 is 32.2 Å². The first-order valence-electron chi connectivity index (χ1n) is 8.14. The number of ether oxygens (including phenoxy) is 1. The van der Waals surface area contributed by atoms with Crippen LogP contribution >= 0.6 is 11.6 Å². The summed E-state index contributed by atoms with van der Waals surface area (Å²) >= 11 is 5.78.